The predicted molar refractivity (Wildman–Crippen MR) is 105 cm³/mol. The second-order valence-corrected chi connectivity index (χ2v) is 6.94. The van der Waals surface area contributed by atoms with Gasteiger partial charge in [-0.05, 0) is 36.2 Å². The van der Waals surface area contributed by atoms with E-state index < -0.39 is 11.8 Å². The quantitative estimate of drug-likeness (QED) is 0.432. The number of aliphatic hydroxyl groups is 1. The summed E-state index contributed by atoms with van der Waals surface area (Å²) in [4.78, 5) is 23.3. The lowest BCUT2D eigenvalue weighted by Crippen LogP contribution is -2.17. The van der Waals surface area contributed by atoms with Crippen molar-refractivity contribution >= 4 is 31.7 Å². The van der Waals surface area contributed by atoms with Crippen LogP contribution in [0.5, 0.6) is 0 Å². The fourth-order valence-electron chi connectivity index (χ4n) is 3.07. The molecule has 3 unspecified atom stereocenters. The largest absolute Gasteiger partial charge is 0.394 e. The smallest absolute Gasteiger partial charge is 0.280 e. The minimum absolute atomic E-state index is 0.000832. The van der Waals surface area contributed by atoms with Crippen LogP contribution in [0.25, 0.3) is 11.2 Å². The first-order chi connectivity index (χ1) is 13.0. The lowest BCUT2D eigenvalue weighted by atomic mass is 10.2. The summed E-state index contributed by atoms with van der Waals surface area (Å²) in [5.41, 5.74) is 6.58. The molecule has 27 heavy (non-hydrogen) atoms. The fraction of sp³-hybridized carbons (Fsp3) is 0.278. The Hall–Kier alpha value is -2.72. The highest BCUT2D eigenvalue weighted by molar-refractivity contribution is 7.27. The number of ether oxygens (including phenoxy) is 1. The summed E-state index contributed by atoms with van der Waals surface area (Å²) in [5, 5.41) is 10.4. The number of imidazole rings is 1. The maximum Gasteiger partial charge on any atom is 0.280 e. The van der Waals surface area contributed by atoms with E-state index in [1.807, 2.05) is 24.3 Å². The first-order valence-corrected chi connectivity index (χ1v) is 9.04. The van der Waals surface area contributed by atoms with Gasteiger partial charge in [0.2, 0.25) is 5.95 Å². The van der Waals surface area contributed by atoms with Gasteiger partial charge in [-0.15, -0.1) is 9.24 Å². The van der Waals surface area contributed by atoms with Gasteiger partial charge in [0.05, 0.1) is 12.7 Å². The Morgan fingerprint density at radius 3 is 2.78 bits per heavy atom. The average Bonchev–Trinajstić information content (AvgIpc) is 3.25. The number of benzene rings is 1. The Bertz CT molecular complexity index is 1110. The van der Waals surface area contributed by atoms with Crippen LogP contribution in [-0.4, -0.2) is 37.3 Å². The molecule has 0 aliphatic carbocycles. The van der Waals surface area contributed by atoms with Crippen molar-refractivity contribution in [3.63, 3.8) is 0 Å². The number of hydrogen-bond acceptors (Lipinski definition) is 6. The monoisotopic (exact) mass is 383 g/mol. The topological polar surface area (TPSA) is 119 Å². The van der Waals surface area contributed by atoms with Gasteiger partial charge in [0, 0.05) is 5.56 Å². The zero-order chi connectivity index (χ0) is 19.0. The van der Waals surface area contributed by atoms with Crippen LogP contribution in [0.1, 0.15) is 30.5 Å². The number of nitrogens with two attached hydrogens (primary N) is 1. The van der Waals surface area contributed by atoms with Crippen LogP contribution in [0.2, 0.25) is 0 Å². The van der Waals surface area contributed by atoms with Crippen molar-refractivity contribution in [3.8, 4) is 11.8 Å². The summed E-state index contributed by atoms with van der Waals surface area (Å²) in [6.07, 6.45) is 0.672. The Balaban J connectivity index is 1.84. The third-order valence-electron chi connectivity index (χ3n) is 4.37. The third-order valence-corrected chi connectivity index (χ3v) is 4.76. The van der Waals surface area contributed by atoms with Crippen LogP contribution in [0.4, 0.5) is 5.95 Å². The zero-order valence-electron chi connectivity index (χ0n) is 14.3. The zero-order valence-corrected chi connectivity index (χ0v) is 15.5. The molecule has 4 N–H and O–H groups in total. The first kappa shape index (κ1) is 17.7. The van der Waals surface area contributed by atoms with Crippen molar-refractivity contribution in [2.45, 2.75) is 25.2 Å². The molecule has 8 nitrogen and oxygen atoms in total. The van der Waals surface area contributed by atoms with E-state index in [0.717, 1.165) is 10.9 Å². The number of aliphatic hydroxyl groups excluding tert-OH is 1. The summed E-state index contributed by atoms with van der Waals surface area (Å²) in [5.74, 6) is 6.44. The van der Waals surface area contributed by atoms with E-state index in [4.69, 9.17) is 10.5 Å². The molecule has 3 aromatic rings. The fourth-order valence-corrected chi connectivity index (χ4v) is 3.26. The first-order valence-electron chi connectivity index (χ1n) is 8.47. The van der Waals surface area contributed by atoms with E-state index >= 15 is 0 Å². The SMILES string of the molecule is Nc1nc2c(nc(C#Cc3ccc(P)cc3)n2C2CCC(CO)O2)c(=O)[nH]1. The number of aromatic nitrogens is 4. The molecule has 0 amide bonds. The highest BCUT2D eigenvalue weighted by atomic mass is 31.0. The molecular formula is C18H18N5O3P. The Morgan fingerprint density at radius 1 is 1.30 bits per heavy atom. The Labute approximate surface area is 157 Å². The van der Waals surface area contributed by atoms with Crippen LogP contribution in [0, 0.1) is 11.8 Å². The molecule has 1 aliphatic heterocycles. The summed E-state index contributed by atoms with van der Waals surface area (Å²) < 4.78 is 7.55. The Morgan fingerprint density at radius 2 is 2.07 bits per heavy atom. The van der Waals surface area contributed by atoms with E-state index in [2.05, 4.69) is 36.0 Å². The number of hydrogen-bond donors (Lipinski definition) is 3. The number of nitrogens with zero attached hydrogens (tertiary/aromatic N) is 3. The maximum atomic E-state index is 12.2. The van der Waals surface area contributed by atoms with E-state index in [-0.39, 0.29) is 24.2 Å². The number of nitrogen functional groups attached to an aromatic ring is 1. The second kappa shape index (κ2) is 7.12. The van der Waals surface area contributed by atoms with E-state index in [9.17, 15) is 9.90 Å². The van der Waals surface area contributed by atoms with Gasteiger partial charge < -0.3 is 15.6 Å². The van der Waals surface area contributed by atoms with Crippen LogP contribution < -0.4 is 16.6 Å². The van der Waals surface area contributed by atoms with Gasteiger partial charge >= 0.3 is 0 Å². The van der Waals surface area contributed by atoms with E-state index in [1.165, 1.54) is 0 Å². The number of nitrogens with one attached hydrogen (secondary N) is 1. The van der Waals surface area contributed by atoms with Crippen molar-refractivity contribution in [1.29, 1.82) is 0 Å². The highest BCUT2D eigenvalue weighted by Gasteiger charge is 2.30. The minimum atomic E-state index is -0.427. The lowest BCUT2D eigenvalue weighted by molar-refractivity contribution is -0.0210. The number of fused-ring (bicyclic) bond motifs is 1. The van der Waals surface area contributed by atoms with Crippen LogP contribution in [-0.2, 0) is 4.74 Å². The van der Waals surface area contributed by atoms with E-state index in [1.54, 1.807) is 4.57 Å². The van der Waals surface area contributed by atoms with Crippen molar-refractivity contribution in [2.24, 2.45) is 0 Å². The summed E-state index contributed by atoms with van der Waals surface area (Å²) in [6, 6.07) is 7.69. The molecule has 0 radical (unpaired) electrons. The predicted octanol–water partition coefficient (Wildman–Crippen LogP) is 0.272. The number of rotatable bonds is 2. The van der Waals surface area contributed by atoms with Gasteiger partial charge in [0.15, 0.2) is 17.0 Å². The molecule has 1 aromatic carbocycles. The van der Waals surface area contributed by atoms with Gasteiger partial charge in [-0.3, -0.25) is 14.3 Å². The van der Waals surface area contributed by atoms with Gasteiger partial charge in [-0.2, -0.15) is 4.98 Å². The van der Waals surface area contributed by atoms with Crippen molar-refractivity contribution in [1.82, 2.24) is 19.5 Å². The van der Waals surface area contributed by atoms with Gasteiger partial charge in [-0.1, -0.05) is 18.1 Å². The lowest BCUT2D eigenvalue weighted by Gasteiger charge is -2.15. The van der Waals surface area contributed by atoms with Crippen LogP contribution in [0.15, 0.2) is 29.1 Å². The van der Waals surface area contributed by atoms with Crippen molar-refractivity contribution < 1.29 is 9.84 Å². The molecule has 138 valence electrons. The minimum Gasteiger partial charge on any atom is -0.394 e. The molecule has 9 heteroatoms. The standard InChI is InChI=1S/C18H18N5O3P/c19-18-21-16-15(17(25)22-18)20-13(7-3-10-1-5-12(27)6-2-10)23(16)14-8-4-11(9-24)26-14/h1-2,5-6,11,14,24H,4,8-9,27H2,(H3,19,21,22,25). The van der Waals surface area contributed by atoms with E-state index in [0.29, 0.717) is 24.3 Å². The molecule has 3 atom stereocenters. The molecule has 0 spiro atoms. The molecule has 1 aliphatic rings. The van der Waals surface area contributed by atoms with Gasteiger partial charge in [-0.25, -0.2) is 4.98 Å². The number of aromatic amines is 1. The van der Waals surface area contributed by atoms with Crippen molar-refractivity contribution in [2.75, 3.05) is 12.3 Å². The van der Waals surface area contributed by atoms with Crippen LogP contribution >= 0.6 is 9.24 Å². The third kappa shape index (κ3) is 3.45. The summed E-state index contributed by atoms with van der Waals surface area (Å²) >= 11 is 0. The Kier molecular flexibility index (Phi) is 4.66. The van der Waals surface area contributed by atoms with Crippen LogP contribution in [0.3, 0.4) is 0 Å². The molecule has 2 aromatic heterocycles. The molecule has 1 fully saturated rings. The maximum absolute atomic E-state index is 12.2. The second-order valence-electron chi connectivity index (χ2n) is 6.27. The normalized spacial score (nSPS) is 19.2. The molecular weight excluding hydrogens is 365 g/mol. The summed E-state index contributed by atoms with van der Waals surface area (Å²) in [6.45, 7) is -0.0678. The number of H-pyrrole nitrogens is 1. The average molecular weight is 383 g/mol. The molecule has 4 rings (SSSR count). The van der Waals surface area contributed by atoms with Gasteiger partial charge in [0.25, 0.3) is 5.56 Å². The molecule has 3 heterocycles. The van der Waals surface area contributed by atoms with Crippen molar-refractivity contribution in [3.05, 3.63) is 46.0 Å². The highest BCUT2D eigenvalue weighted by Crippen LogP contribution is 2.31. The summed E-state index contributed by atoms with van der Waals surface area (Å²) in [7, 11) is 2.62. The molecule has 0 bridgehead atoms. The van der Waals surface area contributed by atoms with Gasteiger partial charge in [0.1, 0.15) is 6.23 Å². The number of anilines is 1. The molecule has 0 saturated carbocycles. The molecule has 1 saturated heterocycles.